The molecule has 4 heteroatoms. The molecule has 3 N–H and O–H groups in total. The minimum absolute atomic E-state index is 0.0247. The number of amides is 2. The second-order valence-corrected chi connectivity index (χ2v) is 3.72. The smallest absolute Gasteiger partial charge is 0.317 e. The topological polar surface area (TPSA) is 58.4 Å². The number of hydrogen-bond donors (Lipinski definition) is 2. The zero-order valence-corrected chi connectivity index (χ0v) is 8.47. The summed E-state index contributed by atoms with van der Waals surface area (Å²) in [5, 5.41) is 2.77. The van der Waals surface area contributed by atoms with Crippen LogP contribution in [0.5, 0.6) is 0 Å². The molecule has 0 aromatic carbocycles. The van der Waals surface area contributed by atoms with Crippen LogP contribution in [0.4, 0.5) is 4.79 Å². The molecule has 0 aliphatic carbocycles. The summed E-state index contributed by atoms with van der Waals surface area (Å²) in [7, 11) is 0. The second kappa shape index (κ2) is 3.96. The first-order valence-corrected chi connectivity index (χ1v) is 4.93. The Hall–Kier alpha value is -0.770. The number of nitrogens with one attached hydrogen (secondary N) is 1. The highest BCUT2D eigenvalue weighted by atomic mass is 16.2. The lowest BCUT2D eigenvalue weighted by atomic mass is 9.94. The highest BCUT2D eigenvalue weighted by Gasteiger charge is 2.28. The van der Waals surface area contributed by atoms with Gasteiger partial charge >= 0.3 is 6.03 Å². The minimum Gasteiger partial charge on any atom is -0.336 e. The summed E-state index contributed by atoms with van der Waals surface area (Å²) >= 11 is 0. The fraction of sp³-hybridized carbons (Fsp3) is 0.889. The third kappa shape index (κ3) is 2.34. The van der Waals surface area contributed by atoms with Gasteiger partial charge in [0.25, 0.3) is 0 Å². The van der Waals surface area contributed by atoms with Crippen molar-refractivity contribution in [1.29, 1.82) is 0 Å². The molecule has 4 nitrogen and oxygen atoms in total. The number of carbonyl (C=O) groups is 1. The van der Waals surface area contributed by atoms with Crippen molar-refractivity contribution < 1.29 is 4.79 Å². The third-order valence-corrected chi connectivity index (χ3v) is 2.86. The first kappa shape index (κ1) is 10.3. The molecule has 0 atom stereocenters. The predicted octanol–water partition coefficient (Wildman–Crippen LogP) is 0.529. The Balaban J connectivity index is 2.50. The molecule has 13 heavy (non-hydrogen) atoms. The molecule has 1 aliphatic heterocycles. The third-order valence-electron chi connectivity index (χ3n) is 2.86. The van der Waals surface area contributed by atoms with Crippen molar-refractivity contribution in [1.82, 2.24) is 10.2 Å². The summed E-state index contributed by atoms with van der Waals surface area (Å²) in [6.07, 6.45) is 1.82. The largest absolute Gasteiger partial charge is 0.336 e. The number of nitrogens with two attached hydrogens (primary N) is 1. The van der Waals surface area contributed by atoms with E-state index in [1.165, 1.54) is 0 Å². The van der Waals surface area contributed by atoms with Crippen LogP contribution in [-0.4, -0.2) is 36.1 Å². The van der Waals surface area contributed by atoms with E-state index >= 15 is 0 Å². The second-order valence-electron chi connectivity index (χ2n) is 3.72. The molecule has 1 heterocycles. The monoisotopic (exact) mass is 185 g/mol. The summed E-state index contributed by atoms with van der Waals surface area (Å²) in [6.45, 7) is 6.35. The van der Waals surface area contributed by atoms with Crippen molar-refractivity contribution in [2.75, 3.05) is 19.6 Å². The van der Waals surface area contributed by atoms with Gasteiger partial charge in [0.1, 0.15) is 0 Å². The van der Waals surface area contributed by atoms with E-state index in [0.717, 1.165) is 25.9 Å². The van der Waals surface area contributed by atoms with Crippen LogP contribution in [0.25, 0.3) is 0 Å². The standard InChI is InChI=1S/C9H19N3O/c1-3-9(10,4-2)7-12-6-5-11-8(12)13/h3-7,10H2,1-2H3,(H,11,13). The minimum atomic E-state index is -0.207. The number of hydrogen-bond acceptors (Lipinski definition) is 2. The van der Waals surface area contributed by atoms with Gasteiger partial charge in [-0.2, -0.15) is 0 Å². The molecule has 1 saturated heterocycles. The molecular formula is C9H19N3O. The Labute approximate surface area is 79.5 Å². The molecule has 0 unspecified atom stereocenters. The molecule has 0 radical (unpaired) electrons. The molecule has 0 bridgehead atoms. The van der Waals surface area contributed by atoms with E-state index in [0.29, 0.717) is 6.54 Å². The molecule has 1 aliphatic rings. The van der Waals surface area contributed by atoms with Gasteiger partial charge in [0.15, 0.2) is 0 Å². The van der Waals surface area contributed by atoms with Gasteiger partial charge in [-0.15, -0.1) is 0 Å². The van der Waals surface area contributed by atoms with E-state index in [2.05, 4.69) is 19.2 Å². The van der Waals surface area contributed by atoms with Crippen LogP contribution in [0.2, 0.25) is 0 Å². The van der Waals surface area contributed by atoms with Crippen LogP contribution >= 0.6 is 0 Å². The Morgan fingerprint density at radius 2 is 2.15 bits per heavy atom. The first-order chi connectivity index (χ1) is 6.11. The Bertz CT molecular complexity index is 189. The summed E-state index contributed by atoms with van der Waals surface area (Å²) in [4.78, 5) is 13.0. The zero-order chi connectivity index (χ0) is 9.90. The molecule has 76 valence electrons. The van der Waals surface area contributed by atoms with Crippen molar-refractivity contribution in [2.24, 2.45) is 5.73 Å². The van der Waals surface area contributed by atoms with Crippen LogP contribution in [0.15, 0.2) is 0 Å². The molecule has 1 fully saturated rings. The molecule has 1 rings (SSSR count). The van der Waals surface area contributed by atoms with Gasteiger partial charge in [0.05, 0.1) is 0 Å². The molecule has 0 aromatic rings. The SMILES string of the molecule is CCC(N)(CC)CN1CCNC1=O. The quantitative estimate of drug-likeness (QED) is 0.671. The van der Waals surface area contributed by atoms with Crippen LogP contribution in [0.1, 0.15) is 26.7 Å². The first-order valence-electron chi connectivity index (χ1n) is 4.93. The highest BCUT2D eigenvalue weighted by Crippen LogP contribution is 2.14. The number of urea groups is 1. The van der Waals surface area contributed by atoms with E-state index in [-0.39, 0.29) is 11.6 Å². The van der Waals surface area contributed by atoms with Crippen LogP contribution in [0, 0.1) is 0 Å². The lowest BCUT2D eigenvalue weighted by molar-refractivity contribution is 0.198. The maximum atomic E-state index is 11.2. The average Bonchev–Trinajstić information content (AvgIpc) is 2.52. The highest BCUT2D eigenvalue weighted by molar-refractivity contribution is 5.76. The van der Waals surface area contributed by atoms with Crippen molar-refractivity contribution in [3.8, 4) is 0 Å². The Kier molecular flexibility index (Phi) is 3.14. The molecule has 0 saturated carbocycles. The molecular weight excluding hydrogens is 166 g/mol. The summed E-state index contributed by atoms with van der Waals surface area (Å²) in [5.41, 5.74) is 5.91. The molecule has 0 spiro atoms. The maximum Gasteiger partial charge on any atom is 0.317 e. The van der Waals surface area contributed by atoms with Crippen molar-refractivity contribution in [3.05, 3.63) is 0 Å². The Morgan fingerprint density at radius 3 is 2.54 bits per heavy atom. The molecule has 2 amide bonds. The predicted molar refractivity (Wildman–Crippen MR) is 52.5 cm³/mol. The molecule has 0 aromatic heterocycles. The van der Waals surface area contributed by atoms with Gasteiger partial charge in [-0.25, -0.2) is 4.79 Å². The van der Waals surface area contributed by atoms with Gasteiger partial charge in [-0.05, 0) is 12.8 Å². The van der Waals surface area contributed by atoms with Gasteiger partial charge in [-0.1, -0.05) is 13.8 Å². The van der Waals surface area contributed by atoms with E-state index in [4.69, 9.17) is 5.73 Å². The van der Waals surface area contributed by atoms with E-state index in [1.54, 1.807) is 4.90 Å². The lowest BCUT2D eigenvalue weighted by Gasteiger charge is -2.31. The van der Waals surface area contributed by atoms with Crippen molar-refractivity contribution in [2.45, 2.75) is 32.2 Å². The van der Waals surface area contributed by atoms with Crippen molar-refractivity contribution >= 4 is 6.03 Å². The average molecular weight is 185 g/mol. The van der Waals surface area contributed by atoms with Gasteiger partial charge < -0.3 is 16.0 Å². The fourth-order valence-electron chi connectivity index (χ4n) is 1.52. The summed E-state index contributed by atoms with van der Waals surface area (Å²) in [5.74, 6) is 0. The van der Waals surface area contributed by atoms with Gasteiger partial charge in [-0.3, -0.25) is 0 Å². The van der Waals surface area contributed by atoms with Crippen molar-refractivity contribution in [3.63, 3.8) is 0 Å². The zero-order valence-electron chi connectivity index (χ0n) is 8.47. The fourth-order valence-corrected chi connectivity index (χ4v) is 1.52. The van der Waals surface area contributed by atoms with E-state index in [9.17, 15) is 4.79 Å². The maximum absolute atomic E-state index is 11.2. The lowest BCUT2D eigenvalue weighted by Crippen LogP contribution is -2.50. The summed E-state index contributed by atoms with van der Waals surface area (Å²) < 4.78 is 0. The van der Waals surface area contributed by atoms with Crippen LogP contribution in [0.3, 0.4) is 0 Å². The Morgan fingerprint density at radius 1 is 1.54 bits per heavy atom. The number of carbonyl (C=O) groups excluding carboxylic acids is 1. The van der Waals surface area contributed by atoms with Crippen LogP contribution in [-0.2, 0) is 0 Å². The number of nitrogens with zero attached hydrogens (tertiary/aromatic N) is 1. The van der Waals surface area contributed by atoms with Crippen LogP contribution < -0.4 is 11.1 Å². The normalized spacial score (nSPS) is 17.8. The number of rotatable bonds is 4. The van der Waals surface area contributed by atoms with E-state index in [1.807, 2.05) is 0 Å². The van der Waals surface area contributed by atoms with Gasteiger partial charge in [0, 0.05) is 25.2 Å². The van der Waals surface area contributed by atoms with E-state index < -0.39 is 0 Å². The summed E-state index contributed by atoms with van der Waals surface area (Å²) in [6, 6.07) is 0.0247. The van der Waals surface area contributed by atoms with Gasteiger partial charge in [0.2, 0.25) is 0 Å².